The molecular formula is C19H25IN4O4S. The summed E-state index contributed by atoms with van der Waals surface area (Å²) in [5.41, 5.74) is 1.67. The van der Waals surface area contributed by atoms with Crippen molar-refractivity contribution in [1.82, 2.24) is 14.7 Å². The van der Waals surface area contributed by atoms with Gasteiger partial charge in [0.2, 0.25) is 5.91 Å². The number of amides is 2. The van der Waals surface area contributed by atoms with Gasteiger partial charge in [0, 0.05) is 33.3 Å². The lowest BCUT2D eigenvalue weighted by Gasteiger charge is -2.09. The topological polar surface area (TPSA) is 93.5 Å². The summed E-state index contributed by atoms with van der Waals surface area (Å²) in [6, 6.07) is 0. The van der Waals surface area contributed by atoms with Crippen LogP contribution in [0.4, 0.5) is 5.00 Å². The zero-order valence-corrected chi connectivity index (χ0v) is 20.1. The lowest BCUT2D eigenvalue weighted by atomic mass is 10.1. The molecule has 0 saturated carbocycles. The minimum atomic E-state index is -0.536. The van der Waals surface area contributed by atoms with Crippen LogP contribution in [0, 0.1) is 17.4 Å². The van der Waals surface area contributed by atoms with E-state index in [4.69, 9.17) is 4.74 Å². The third kappa shape index (κ3) is 5.78. The van der Waals surface area contributed by atoms with Crippen LogP contribution in [0.25, 0.3) is 0 Å². The number of rotatable bonds is 8. The Hall–Kier alpha value is -1.95. The molecule has 0 fully saturated rings. The van der Waals surface area contributed by atoms with Gasteiger partial charge in [-0.15, -0.1) is 11.3 Å². The number of hydrogen-bond donors (Lipinski definition) is 1. The zero-order chi connectivity index (χ0) is 21.7. The SMILES string of the molecule is CCCOC(=O)c1c(NC(=O)CCn2cc(I)c(C)n2)sc(C(=O)N(C)C)c1C. The van der Waals surface area contributed by atoms with E-state index < -0.39 is 5.97 Å². The van der Waals surface area contributed by atoms with E-state index in [2.05, 4.69) is 33.0 Å². The second-order valence-electron chi connectivity index (χ2n) is 6.72. The summed E-state index contributed by atoms with van der Waals surface area (Å²) in [6.07, 6.45) is 2.75. The van der Waals surface area contributed by atoms with Gasteiger partial charge in [0.05, 0.1) is 26.3 Å². The second kappa shape index (κ2) is 10.2. The monoisotopic (exact) mass is 532 g/mol. The largest absolute Gasteiger partial charge is 0.462 e. The normalized spacial score (nSPS) is 10.7. The third-order valence-corrected chi connectivity index (χ3v) is 6.35. The number of ether oxygens (including phenoxy) is 1. The lowest BCUT2D eigenvalue weighted by molar-refractivity contribution is -0.116. The Morgan fingerprint density at radius 2 is 2.00 bits per heavy atom. The highest BCUT2D eigenvalue weighted by molar-refractivity contribution is 14.1. The van der Waals surface area contributed by atoms with Crippen molar-refractivity contribution in [3.05, 3.63) is 31.5 Å². The average Bonchev–Trinajstić information content (AvgIpc) is 3.16. The molecule has 2 amide bonds. The predicted octanol–water partition coefficient (Wildman–Crippen LogP) is 3.46. The highest BCUT2D eigenvalue weighted by Crippen LogP contribution is 2.34. The second-order valence-corrected chi connectivity index (χ2v) is 8.90. The average molecular weight is 532 g/mol. The number of carbonyl (C=O) groups is 3. The highest BCUT2D eigenvalue weighted by atomic mass is 127. The van der Waals surface area contributed by atoms with Gasteiger partial charge in [-0.1, -0.05) is 6.92 Å². The number of esters is 1. The number of nitrogens with one attached hydrogen (secondary N) is 1. The molecular weight excluding hydrogens is 507 g/mol. The number of thiophene rings is 1. The molecule has 0 aliphatic carbocycles. The maximum atomic E-state index is 12.5. The van der Waals surface area contributed by atoms with Crippen molar-refractivity contribution in [2.24, 2.45) is 0 Å². The summed E-state index contributed by atoms with van der Waals surface area (Å²) in [5.74, 6) is -1.02. The molecule has 2 aromatic heterocycles. The van der Waals surface area contributed by atoms with Gasteiger partial charge in [-0.05, 0) is 48.4 Å². The van der Waals surface area contributed by atoms with Gasteiger partial charge in [-0.3, -0.25) is 14.3 Å². The van der Waals surface area contributed by atoms with Gasteiger partial charge in [0.1, 0.15) is 5.00 Å². The molecule has 1 N–H and O–H groups in total. The van der Waals surface area contributed by atoms with Crippen LogP contribution in [-0.4, -0.2) is 53.2 Å². The van der Waals surface area contributed by atoms with Crippen LogP contribution in [0.3, 0.4) is 0 Å². The minimum Gasteiger partial charge on any atom is -0.462 e. The van der Waals surface area contributed by atoms with Crippen LogP contribution >= 0.6 is 33.9 Å². The maximum absolute atomic E-state index is 12.5. The van der Waals surface area contributed by atoms with E-state index in [9.17, 15) is 14.4 Å². The van der Waals surface area contributed by atoms with Crippen LogP contribution in [0.2, 0.25) is 0 Å². The summed E-state index contributed by atoms with van der Waals surface area (Å²) in [5, 5.41) is 7.45. The first kappa shape index (κ1) is 23.3. The molecule has 0 aliphatic rings. The van der Waals surface area contributed by atoms with Gasteiger partial charge in [0.25, 0.3) is 5.91 Å². The van der Waals surface area contributed by atoms with E-state index in [1.54, 1.807) is 25.7 Å². The van der Waals surface area contributed by atoms with Crippen molar-refractivity contribution in [2.45, 2.75) is 40.2 Å². The summed E-state index contributed by atoms with van der Waals surface area (Å²) < 4.78 is 8.00. The minimum absolute atomic E-state index is 0.189. The van der Waals surface area contributed by atoms with Gasteiger partial charge >= 0.3 is 5.97 Å². The molecule has 0 spiro atoms. The molecule has 29 heavy (non-hydrogen) atoms. The molecule has 2 rings (SSSR count). The molecule has 158 valence electrons. The molecule has 10 heteroatoms. The van der Waals surface area contributed by atoms with E-state index in [1.807, 2.05) is 20.0 Å². The summed E-state index contributed by atoms with van der Waals surface area (Å²) in [7, 11) is 3.28. The number of nitrogens with zero attached hydrogens (tertiary/aromatic N) is 3. The Morgan fingerprint density at radius 1 is 1.31 bits per heavy atom. The van der Waals surface area contributed by atoms with E-state index >= 15 is 0 Å². The first-order valence-electron chi connectivity index (χ1n) is 9.17. The van der Waals surface area contributed by atoms with Gasteiger partial charge in [-0.2, -0.15) is 5.10 Å². The molecule has 0 aromatic carbocycles. The van der Waals surface area contributed by atoms with Crippen molar-refractivity contribution < 1.29 is 19.1 Å². The Balaban J connectivity index is 2.22. The summed E-state index contributed by atoms with van der Waals surface area (Å²) in [4.78, 5) is 39.3. The summed E-state index contributed by atoms with van der Waals surface area (Å²) >= 11 is 3.28. The molecule has 0 aliphatic heterocycles. The standard InChI is InChI=1S/C19H25IN4O4S/c1-6-9-28-19(27)15-11(2)16(18(26)23(4)5)29-17(15)21-14(25)7-8-24-10-13(20)12(3)22-24/h10H,6-9H2,1-5H3,(H,21,25). The zero-order valence-electron chi connectivity index (χ0n) is 17.2. The predicted molar refractivity (Wildman–Crippen MR) is 121 cm³/mol. The van der Waals surface area contributed by atoms with Crippen LogP contribution in [0.5, 0.6) is 0 Å². The van der Waals surface area contributed by atoms with Crippen molar-refractivity contribution >= 4 is 56.7 Å². The number of carbonyl (C=O) groups excluding carboxylic acids is 3. The molecule has 0 saturated heterocycles. The molecule has 2 aromatic rings. The lowest BCUT2D eigenvalue weighted by Crippen LogP contribution is -2.21. The molecule has 2 heterocycles. The number of hydrogen-bond acceptors (Lipinski definition) is 6. The highest BCUT2D eigenvalue weighted by Gasteiger charge is 2.27. The first-order valence-corrected chi connectivity index (χ1v) is 11.1. The van der Waals surface area contributed by atoms with E-state index in [-0.39, 0.29) is 30.4 Å². The van der Waals surface area contributed by atoms with Gasteiger partial charge < -0.3 is 15.0 Å². The van der Waals surface area contributed by atoms with Crippen LogP contribution < -0.4 is 5.32 Å². The quantitative estimate of drug-likeness (QED) is 0.415. The molecule has 0 radical (unpaired) electrons. The fourth-order valence-electron chi connectivity index (χ4n) is 2.53. The van der Waals surface area contributed by atoms with Crippen LogP contribution in [0.15, 0.2) is 6.20 Å². The van der Waals surface area contributed by atoms with Crippen molar-refractivity contribution in [3.63, 3.8) is 0 Å². The van der Waals surface area contributed by atoms with Crippen molar-refractivity contribution in [1.29, 1.82) is 0 Å². The van der Waals surface area contributed by atoms with Crippen molar-refractivity contribution in [3.8, 4) is 0 Å². The van der Waals surface area contributed by atoms with E-state index in [0.717, 1.165) is 20.6 Å². The van der Waals surface area contributed by atoms with Crippen LogP contribution in [-0.2, 0) is 16.1 Å². The number of aryl methyl sites for hydroxylation is 2. The number of halogens is 1. The Kier molecular flexibility index (Phi) is 8.20. The van der Waals surface area contributed by atoms with E-state index in [1.165, 1.54) is 4.90 Å². The summed E-state index contributed by atoms with van der Waals surface area (Å²) in [6.45, 7) is 6.19. The fraction of sp³-hybridized carbons (Fsp3) is 0.474. The van der Waals surface area contributed by atoms with Gasteiger partial charge in [-0.25, -0.2) is 4.79 Å². The maximum Gasteiger partial charge on any atom is 0.341 e. The number of aromatic nitrogens is 2. The first-order chi connectivity index (χ1) is 13.6. The molecule has 0 unspecified atom stereocenters. The van der Waals surface area contributed by atoms with Crippen molar-refractivity contribution in [2.75, 3.05) is 26.0 Å². The Labute approximate surface area is 187 Å². The molecule has 0 bridgehead atoms. The van der Waals surface area contributed by atoms with E-state index in [0.29, 0.717) is 28.4 Å². The van der Waals surface area contributed by atoms with Gasteiger partial charge in [0.15, 0.2) is 0 Å². The Bertz CT molecular complexity index is 900. The Morgan fingerprint density at radius 3 is 2.55 bits per heavy atom. The smallest absolute Gasteiger partial charge is 0.341 e. The molecule has 8 nitrogen and oxygen atoms in total. The number of anilines is 1. The third-order valence-electron chi connectivity index (χ3n) is 4.10. The molecule has 0 atom stereocenters. The van der Waals surface area contributed by atoms with Crippen LogP contribution in [0.1, 0.15) is 51.1 Å². The fourth-order valence-corrected chi connectivity index (χ4v) is 4.20.